The fourth-order valence-corrected chi connectivity index (χ4v) is 4.45. The third-order valence-electron chi connectivity index (χ3n) is 5.10. The molecule has 0 fully saturated rings. The van der Waals surface area contributed by atoms with Crippen LogP contribution in [0, 0.1) is 11.3 Å². The van der Waals surface area contributed by atoms with Crippen LogP contribution in [0.4, 0.5) is 18.9 Å². The number of carbonyl (C=O) groups excluding carboxylic acids is 1. The SMILES string of the molecule is N#CCCN(C(=O)CSc1nc2ccccc2n1-c1ccccc1)c1cccc(C(F)(F)F)c1. The summed E-state index contributed by atoms with van der Waals surface area (Å²) in [6, 6.07) is 23.7. The first-order valence-electron chi connectivity index (χ1n) is 10.4. The van der Waals surface area contributed by atoms with Crippen LogP contribution in [-0.4, -0.2) is 27.8 Å². The molecule has 1 amide bonds. The molecule has 0 bridgehead atoms. The monoisotopic (exact) mass is 480 g/mol. The molecular formula is C25H19F3N4OS. The van der Waals surface area contributed by atoms with Crippen molar-refractivity contribution in [2.24, 2.45) is 0 Å². The highest BCUT2D eigenvalue weighted by Gasteiger charge is 2.31. The average molecular weight is 481 g/mol. The molecule has 172 valence electrons. The topological polar surface area (TPSA) is 61.9 Å². The molecule has 5 nitrogen and oxygen atoms in total. The van der Waals surface area contributed by atoms with Crippen molar-refractivity contribution in [2.45, 2.75) is 17.8 Å². The molecule has 0 aliphatic carbocycles. The molecule has 0 saturated carbocycles. The van der Waals surface area contributed by atoms with Crippen LogP contribution in [-0.2, 0) is 11.0 Å². The summed E-state index contributed by atoms with van der Waals surface area (Å²) in [4.78, 5) is 19.0. The van der Waals surface area contributed by atoms with E-state index in [4.69, 9.17) is 5.26 Å². The van der Waals surface area contributed by atoms with Crippen LogP contribution in [0.15, 0.2) is 84.0 Å². The van der Waals surface area contributed by atoms with Gasteiger partial charge in [-0.2, -0.15) is 18.4 Å². The highest BCUT2D eigenvalue weighted by molar-refractivity contribution is 7.99. The van der Waals surface area contributed by atoms with Crippen LogP contribution >= 0.6 is 11.8 Å². The Bertz CT molecular complexity index is 1350. The molecule has 0 saturated heterocycles. The number of nitriles is 1. The van der Waals surface area contributed by atoms with Crippen molar-refractivity contribution < 1.29 is 18.0 Å². The molecule has 0 aliphatic rings. The number of amides is 1. The fraction of sp³-hybridized carbons (Fsp3) is 0.160. The van der Waals surface area contributed by atoms with Gasteiger partial charge in [0.25, 0.3) is 0 Å². The number of para-hydroxylation sites is 3. The Labute approximate surface area is 198 Å². The van der Waals surface area contributed by atoms with Gasteiger partial charge < -0.3 is 4.90 Å². The van der Waals surface area contributed by atoms with E-state index >= 15 is 0 Å². The quantitative estimate of drug-likeness (QED) is 0.301. The Hall–Kier alpha value is -3.77. The molecule has 1 heterocycles. The third kappa shape index (κ3) is 5.07. The molecule has 0 radical (unpaired) electrons. The molecule has 0 spiro atoms. The lowest BCUT2D eigenvalue weighted by Crippen LogP contribution is -2.33. The zero-order chi connectivity index (χ0) is 24.1. The number of aromatic nitrogens is 2. The number of anilines is 1. The van der Waals surface area contributed by atoms with E-state index in [9.17, 15) is 18.0 Å². The molecule has 0 aliphatic heterocycles. The van der Waals surface area contributed by atoms with Crippen molar-refractivity contribution in [1.29, 1.82) is 5.26 Å². The molecule has 34 heavy (non-hydrogen) atoms. The van der Waals surface area contributed by atoms with Gasteiger partial charge >= 0.3 is 6.18 Å². The minimum atomic E-state index is -4.53. The molecule has 4 rings (SSSR count). The minimum absolute atomic E-state index is 0.00478. The van der Waals surface area contributed by atoms with E-state index < -0.39 is 17.6 Å². The average Bonchev–Trinajstić information content (AvgIpc) is 3.21. The molecule has 4 aromatic rings. The largest absolute Gasteiger partial charge is 0.416 e. The number of alkyl halides is 3. The van der Waals surface area contributed by atoms with E-state index in [-0.39, 0.29) is 24.4 Å². The normalized spacial score (nSPS) is 11.4. The predicted octanol–water partition coefficient (Wildman–Crippen LogP) is 6.08. The van der Waals surface area contributed by atoms with Crippen molar-refractivity contribution in [2.75, 3.05) is 17.2 Å². The number of hydrogen-bond acceptors (Lipinski definition) is 4. The number of imidazole rings is 1. The van der Waals surface area contributed by atoms with Gasteiger partial charge in [0.05, 0.1) is 34.8 Å². The first-order valence-corrected chi connectivity index (χ1v) is 11.4. The van der Waals surface area contributed by atoms with Crippen molar-refractivity contribution in [1.82, 2.24) is 9.55 Å². The van der Waals surface area contributed by atoms with Gasteiger partial charge in [-0.1, -0.05) is 48.2 Å². The highest BCUT2D eigenvalue weighted by Crippen LogP contribution is 2.32. The van der Waals surface area contributed by atoms with Gasteiger partial charge in [0, 0.05) is 17.9 Å². The summed E-state index contributed by atoms with van der Waals surface area (Å²) in [5, 5.41) is 9.58. The van der Waals surface area contributed by atoms with Crippen LogP contribution in [0.25, 0.3) is 16.7 Å². The third-order valence-corrected chi connectivity index (χ3v) is 6.03. The summed E-state index contributed by atoms with van der Waals surface area (Å²) in [6.45, 7) is -0.00763. The minimum Gasteiger partial charge on any atom is -0.311 e. The second kappa shape index (κ2) is 10.0. The zero-order valence-electron chi connectivity index (χ0n) is 17.9. The maximum atomic E-state index is 13.2. The number of benzene rings is 3. The standard InChI is InChI=1S/C25H19F3N4OS/c26-25(27,28)18-8-6-11-20(16-18)31(15-7-14-29)23(33)17-34-24-30-21-12-4-5-13-22(21)32(24)19-9-2-1-3-10-19/h1-6,8-13,16H,7,15,17H2. The number of hydrogen-bond donors (Lipinski definition) is 0. The van der Waals surface area contributed by atoms with E-state index in [1.165, 1.54) is 28.8 Å². The van der Waals surface area contributed by atoms with E-state index in [2.05, 4.69) is 4.98 Å². The maximum Gasteiger partial charge on any atom is 0.416 e. The van der Waals surface area contributed by atoms with Gasteiger partial charge in [0.1, 0.15) is 0 Å². The number of fused-ring (bicyclic) bond motifs is 1. The summed E-state index contributed by atoms with van der Waals surface area (Å²) >= 11 is 1.20. The Morgan fingerprint density at radius 2 is 1.76 bits per heavy atom. The summed E-state index contributed by atoms with van der Waals surface area (Å²) in [5.41, 5.74) is 1.78. The molecule has 0 N–H and O–H groups in total. The van der Waals surface area contributed by atoms with Crippen LogP contribution in [0.3, 0.4) is 0 Å². The van der Waals surface area contributed by atoms with Crippen LogP contribution in [0.1, 0.15) is 12.0 Å². The predicted molar refractivity (Wildman–Crippen MR) is 126 cm³/mol. The van der Waals surface area contributed by atoms with Crippen LogP contribution < -0.4 is 4.90 Å². The Morgan fingerprint density at radius 1 is 1.03 bits per heavy atom. The van der Waals surface area contributed by atoms with Gasteiger partial charge in [-0.25, -0.2) is 4.98 Å². The zero-order valence-corrected chi connectivity index (χ0v) is 18.7. The summed E-state index contributed by atoms with van der Waals surface area (Å²) in [5.74, 6) is -0.469. The molecule has 0 unspecified atom stereocenters. The van der Waals surface area contributed by atoms with Crippen molar-refractivity contribution >= 4 is 34.4 Å². The van der Waals surface area contributed by atoms with Crippen molar-refractivity contribution in [3.63, 3.8) is 0 Å². The second-order valence-electron chi connectivity index (χ2n) is 7.34. The van der Waals surface area contributed by atoms with Crippen molar-refractivity contribution in [3.05, 3.63) is 84.4 Å². The Kier molecular flexibility index (Phi) is 6.89. The van der Waals surface area contributed by atoms with Gasteiger partial charge in [-0.15, -0.1) is 0 Å². The first kappa shape index (κ1) is 23.4. The van der Waals surface area contributed by atoms with Gasteiger partial charge in [-0.3, -0.25) is 9.36 Å². The molecular weight excluding hydrogens is 461 g/mol. The lowest BCUT2D eigenvalue weighted by Gasteiger charge is -2.22. The molecule has 3 aromatic carbocycles. The van der Waals surface area contributed by atoms with Crippen LogP contribution in [0.5, 0.6) is 0 Å². The number of thioether (sulfide) groups is 1. The smallest absolute Gasteiger partial charge is 0.311 e. The fourth-order valence-electron chi connectivity index (χ4n) is 3.54. The van der Waals surface area contributed by atoms with Crippen LogP contribution in [0.2, 0.25) is 0 Å². The summed E-state index contributed by atoms with van der Waals surface area (Å²) < 4.78 is 41.5. The number of nitrogens with zero attached hydrogens (tertiary/aromatic N) is 4. The molecule has 1 aromatic heterocycles. The number of halogens is 3. The van der Waals surface area contributed by atoms with Gasteiger partial charge in [0.2, 0.25) is 5.91 Å². The lowest BCUT2D eigenvalue weighted by molar-refractivity contribution is -0.137. The van der Waals surface area contributed by atoms with Gasteiger partial charge in [-0.05, 0) is 42.5 Å². The summed E-state index contributed by atoms with van der Waals surface area (Å²) in [6.07, 6.45) is -4.54. The number of rotatable bonds is 7. The van der Waals surface area contributed by atoms with E-state index in [1.54, 1.807) is 0 Å². The number of carbonyl (C=O) groups is 1. The van der Waals surface area contributed by atoms with E-state index in [1.807, 2.05) is 65.2 Å². The van der Waals surface area contributed by atoms with E-state index in [0.29, 0.717) is 5.16 Å². The van der Waals surface area contributed by atoms with Gasteiger partial charge in [0.15, 0.2) is 5.16 Å². The molecule has 0 atom stereocenters. The van der Waals surface area contributed by atoms with E-state index in [0.717, 1.165) is 28.9 Å². The summed E-state index contributed by atoms with van der Waals surface area (Å²) in [7, 11) is 0. The van der Waals surface area contributed by atoms with Crippen molar-refractivity contribution in [3.8, 4) is 11.8 Å². The molecule has 9 heteroatoms. The lowest BCUT2D eigenvalue weighted by atomic mass is 10.1. The maximum absolute atomic E-state index is 13.2. The Morgan fingerprint density at radius 3 is 2.50 bits per heavy atom. The second-order valence-corrected chi connectivity index (χ2v) is 8.29. The Balaban J connectivity index is 1.62. The first-order chi connectivity index (χ1) is 16.4. The highest BCUT2D eigenvalue weighted by atomic mass is 32.2.